The van der Waals surface area contributed by atoms with Crippen molar-refractivity contribution in [2.24, 2.45) is 5.92 Å². The predicted octanol–water partition coefficient (Wildman–Crippen LogP) is 0.897. The highest BCUT2D eigenvalue weighted by atomic mass is 32.2. The molecule has 1 saturated heterocycles. The smallest absolute Gasteiger partial charge is 0.252 e. The molecule has 0 saturated carbocycles. The van der Waals surface area contributed by atoms with Crippen LogP contribution < -0.4 is 0 Å². The Morgan fingerprint density at radius 3 is 3.00 bits per heavy atom. The van der Waals surface area contributed by atoms with Crippen molar-refractivity contribution in [2.45, 2.75) is 17.2 Å². The van der Waals surface area contributed by atoms with Gasteiger partial charge in [0.15, 0.2) is 0 Å². The van der Waals surface area contributed by atoms with Crippen molar-refractivity contribution < 1.29 is 18.3 Å². The Morgan fingerprint density at radius 2 is 2.39 bits per heavy atom. The lowest BCUT2D eigenvalue weighted by Crippen LogP contribution is -2.28. The summed E-state index contributed by atoms with van der Waals surface area (Å²) in [7, 11) is -1.77. The molecule has 0 spiro atoms. The zero-order valence-electron chi connectivity index (χ0n) is 10.2. The third-order valence-electron chi connectivity index (χ3n) is 3.06. The van der Waals surface area contributed by atoms with Crippen LogP contribution in [0.15, 0.2) is 15.7 Å². The van der Waals surface area contributed by atoms with Gasteiger partial charge in [0.05, 0.1) is 13.2 Å². The van der Waals surface area contributed by atoms with E-state index in [4.69, 9.17) is 9.84 Å². The average Bonchev–Trinajstić information content (AvgIpc) is 2.98. The van der Waals surface area contributed by atoms with Gasteiger partial charge in [-0.25, -0.2) is 8.42 Å². The molecule has 7 heteroatoms. The van der Waals surface area contributed by atoms with Crippen LogP contribution in [0.1, 0.15) is 12.0 Å². The Balaban J connectivity index is 2.12. The van der Waals surface area contributed by atoms with E-state index in [-0.39, 0.29) is 12.5 Å². The Labute approximate surface area is 111 Å². The summed E-state index contributed by atoms with van der Waals surface area (Å²) in [6.07, 6.45) is 0.839. The highest BCUT2D eigenvalue weighted by Gasteiger charge is 2.33. The summed E-state index contributed by atoms with van der Waals surface area (Å²) in [6.45, 7) is 1.53. The molecule has 102 valence electrons. The van der Waals surface area contributed by atoms with Crippen molar-refractivity contribution in [3.05, 3.63) is 17.0 Å². The highest BCUT2D eigenvalue weighted by molar-refractivity contribution is 7.91. The lowest BCUT2D eigenvalue weighted by atomic mass is 10.1. The van der Waals surface area contributed by atoms with Gasteiger partial charge < -0.3 is 9.84 Å². The van der Waals surface area contributed by atoms with Crippen LogP contribution in [-0.2, 0) is 21.4 Å². The Hall–Kier alpha value is -0.470. The third kappa shape index (κ3) is 2.75. The largest absolute Gasteiger partial charge is 0.392 e. The van der Waals surface area contributed by atoms with Crippen LogP contribution in [0.5, 0.6) is 0 Å². The van der Waals surface area contributed by atoms with Gasteiger partial charge in [0.2, 0.25) is 0 Å². The van der Waals surface area contributed by atoms with Gasteiger partial charge >= 0.3 is 0 Å². The fourth-order valence-corrected chi connectivity index (χ4v) is 4.97. The summed E-state index contributed by atoms with van der Waals surface area (Å²) in [6, 6.07) is 1.55. The van der Waals surface area contributed by atoms with E-state index in [1.807, 2.05) is 0 Å². The molecule has 0 amide bonds. The zero-order valence-corrected chi connectivity index (χ0v) is 11.8. The minimum absolute atomic E-state index is 0.127. The molecule has 5 nitrogen and oxygen atoms in total. The number of hydrogen-bond acceptors (Lipinski definition) is 5. The molecule has 1 aliphatic rings. The molecule has 2 heterocycles. The maximum Gasteiger partial charge on any atom is 0.252 e. The van der Waals surface area contributed by atoms with Gasteiger partial charge in [-0.05, 0) is 29.3 Å². The summed E-state index contributed by atoms with van der Waals surface area (Å²) in [4.78, 5) is 0. The number of aliphatic hydroxyl groups is 1. The molecule has 1 aromatic rings. The number of aliphatic hydroxyl groups excluding tert-OH is 1. The first kappa shape index (κ1) is 14.0. The van der Waals surface area contributed by atoms with E-state index in [0.717, 1.165) is 17.8 Å². The van der Waals surface area contributed by atoms with Gasteiger partial charge in [-0.15, -0.1) is 11.3 Å². The minimum atomic E-state index is -3.39. The quantitative estimate of drug-likeness (QED) is 0.875. The second-order valence-electron chi connectivity index (χ2n) is 4.41. The number of rotatable bonds is 5. The van der Waals surface area contributed by atoms with Crippen molar-refractivity contribution in [3.63, 3.8) is 0 Å². The zero-order chi connectivity index (χ0) is 13.2. The van der Waals surface area contributed by atoms with E-state index in [2.05, 4.69) is 0 Å². The highest BCUT2D eigenvalue weighted by Crippen LogP contribution is 2.28. The van der Waals surface area contributed by atoms with Crippen molar-refractivity contribution in [1.29, 1.82) is 0 Å². The molecular weight excluding hydrogens is 274 g/mol. The maximum atomic E-state index is 12.3. The molecule has 2 rings (SSSR count). The lowest BCUT2D eigenvalue weighted by Gasteiger charge is -2.15. The summed E-state index contributed by atoms with van der Waals surface area (Å²) >= 11 is 1.16. The van der Waals surface area contributed by atoms with Crippen molar-refractivity contribution >= 4 is 21.4 Å². The van der Waals surface area contributed by atoms with Crippen LogP contribution in [-0.4, -0.2) is 44.6 Å². The van der Waals surface area contributed by atoms with E-state index in [9.17, 15) is 8.42 Å². The standard InChI is InChI=1S/C11H17NO4S2/c1-16-7-9-2-3-12(5-9)18(14,15)11-4-10(6-13)8-17-11/h4,8-9,13H,2-3,5-7H2,1H3. The van der Waals surface area contributed by atoms with Crippen LogP contribution in [0, 0.1) is 5.92 Å². The van der Waals surface area contributed by atoms with E-state index in [0.29, 0.717) is 29.5 Å². The van der Waals surface area contributed by atoms with Crippen molar-refractivity contribution in [2.75, 3.05) is 26.8 Å². The van der Waals surface area contributed by atoms with E-state index in [1.54, 1.807) is 18.6 Å². The van der Waals surface area contributed by atoms with Gasteiger partial charge in [0, 0.05) is 20.2 Å². The second kappa shape index (κ2) is 5.66. The predicted molar refractivity (Wildman–Crippen MR) is 69.0 cm³/mol. The number of methoxy groups -OCH3 is 1. The Morgan fingerprint density at radius 1 is 1.61 bits per heavy atom. The molecule has 0 radical (unpaired) electrons. The summed E-state index contributed by atoms with van der Waals surface area (Å²) in [5.74, 6) is 0.280. The molecule has 1 atom stereocenters. The van der Waals surface area contributed by atoms with Crippen LogP contribution in [0.25, 0.3) is 0 Å². The molecule has 1 aliphatic heterocycles. The number of nitrogens with zero attached hydrogens (tertiary/aromatic N) is 1. The van der Waals surface area contributed by atoms with Crippen LogP contribution in [0.2, 0.25) is 0 Å². The first-order chi connectivity index (χ1) is 8.57. The first-order valence-corrected chi connectivity index (χ1v) is 8.07. The number of hydrogen-bond donors (Lipinski definition) is 1. The van der Waals surface area contributed by atoms with E-state index in [1.165, 1.54) is 4.31 Å². The number of sulfonamides is 1. The topological polar surface area (TPSA) is 66.8 Å². The molecule has 0 bridgehead atoms. The Bertz CT molecular complexity index is 497. The fraction of sp³-hybridized carbons (Fsp3) is 0.636. The van der Waals surface area contributed by atoms with Crippen molar-refractivity contribution in [3.8, 4) is 0 Å². The van der Waals surface area contributed by atoms with Gasteiger partial charge in [-0.2, -0.15) is 4.31 Å². The normalized spacial score (nSPS) is 21.6. The first-order valence-electron chi connectivity index (χ1n) is 5.75. The summed E-state index contributed by atoms with van der Waals surface area (Å²) in [5, 5.41) is 10.7. The minimum Gasteiger partial charge on any atom is -0.392 e. The number of thiophene rings is 1. The van der Waals surface area contributed by atoms with Crippen molar-refractivity contribution in [1.82, 2.24) is 4.31 Å². The van der Waals surface area contributed by atoms with Gasteiger partial charge in [0.1, 0.15) is 4.21 Å². The molecular formula is C11H17NO4S2. The fourth-order valence-electron chi connectivity index (χ4n) is 2.09. The monoisotopic (exact) mass is 291 g/mol. The second-order valence-corrected chi connectivity index (χ2v) is 7.48. The van der Waals surface area contributed by atoms with Crippen LogP contribution in [0.4, 0.5) is 0 Å². The molecule has 1 aromatic heterocycles. The average molecular weight is 291 g/mol. The maximum absolute atomic E-state index is 12.3. The summed E-state index contributed by atoms with van der Waals surface area (Å²) < 4.78 is 31.5. The summed E-state index contributed by atoms with van der Waals surface area (Å²) in [5.41, 5.74) is 0.645. The Kier molecular flexibility index (Phi) is 4.39. The molecule has 1 N–H and O–H groups in total. The van der Waals surface area contributed by atoms with Crippen LogP contribution >= 0.6 is 11.3 Å². The molecule has 18 heavy (non-hydrogen) atoms. The SMILES string of the molecule is COCC1CCN(S(=O)(=O)c2cc(CO)cs2)C1. The van der Waals surface area contributed by atoms with Gasteiger partial charge in [0.25, 0.3) is 10.0 Å². The van der Waals surface area contributed by atoms with Crippen LogP contribution in [0.3, 0.4) is 0 Å². The lowest BCUT2D eigenvalue weighted by molar-refractivity contribution is 0.157. The van der Waals surface area contributed by atoms with E-state index >= 15 is 0 Å². The molecule has 1 unspecified atom stereocenters. The number of ether oxygens (including phenoxy) is 1. The van der Waals surface area contributed by atoms with E-state index < -0.39 is 10.0 Å². The van der Waals surface area contributed by atoms with Gasteiger partial charge in [-0.1, -0.05) is 0 Å². The third-order valence-corrected chi connectivity index (χ3v) is 6.39. The van der Waals surface area contributed by atoms with Gasteiger partial charge in [-0.3, -0.25) is 0 Å². The molecule has 0 aromatic carbocycles. The molecule has 0 aliphatic carbocycles. The molecule has 1 fully saturated rings.